The molecule has 3 heterocycles. The number of rotatable bonds is 21. The molecule has 0 spiro atoms. The second kappa shape index (κ2) is 26.1. The number of benzene rings is 3. The number of carbonyl (C=O) groups excluding carboxylic acids is 6. The first-order valence-electron chi connectivity index (χ1n) is 28.8. The molecular weight excluding hydrogens is 1140 g/mol. The van der Waals surface area contributed by atoms with Crippen molar-refractivity contribution in [1.29, 1.82) is 0 Å². The third-order valence-corrected chi connectivity index (χ3v) is 17.8. The van der Waals surface area contributed by atoms with E-state index in [1.165, 1.54) is 57.5 Å². The summed E-state index contributed by atoms with van der Waals surface area (Å²) in [5, 5.41) is 63.5. The van der Waals surface area contributed by atoms with Crippen molar-refractivity contribution in [2.45, 2.75) is 140 Å². The fourth-order valence-corrected chi connectivity index (χ4v) is 13.1. The van der Waals surface area contributed by atoms with Crippen LogP contribution >= 0.6 is 0 Å². The zero-order valence-corrected chi connectivity index (χ0v) is 49.0. The number of hydrogen-bond acceptors (Lipinski definition) is 21. The molecule has 7 N–H and O–H groups in total. The largest absolute Gasteiger partial charge is 0.456 e. The van der Waals surface area contributed by atoms with Gasteiger partial charge in [0.15, 0.2) is 23.6 Å². The lowest BCUT2D eigenvalue weighted by Gasteiger charge is -2.67. The van der Waals surface area contributed by atoms with Crippen LogP contribution in [0.25, 0.3) is 0 Å². The maximum absolute atomic E-state index is 16.1. The van der Waals surface area contributed by atoms with Crippen LogP contribution in [0.1, 0.15) is 98.0 Å². The summed E-state index contributed by atoms with van der Waals surface area (Å²) in [5.41, 5.74) is -8.96. The Balaban J connectivity index is 0.989. The lowest BCUT2D eigenvalue weighted by atomic mass is 9.44. The van der Waals surface area contributed by atoms with Gasteiger partial charge in [-0.1, -0.05) is 80.6 Å². The molecule has 87 heavy (non-hydrogen) atoms. The number of Topliss-reactive ketones (excluding diaryl/α,β-unsaturated/α-hetero) is 1. The van der Waals surface area contributed by atoms with Crippen molar-refractivity contribution in [2.24, 2.45) is 16.7 Å². The van der Waals surface area contributed by atoms with Crippen LogP contribution in [0.15, 0.2) is 118 Å². The van der Waals surface area contributed by atoms with Gasteiger partial charge in [0.2, 0.25) is 0 Å². The molecule has 2 aliphatic heterocycles. The maximum Gasteiger partial charge on any atom is 0.408 e. The summed E-state index contributed by atoms with van der Waals surface area (Å²) in [6.07, 6.45) is -14.1. The summed E-state index contributed by atoms with van der Waals surface area (Å²) in [5.74, 6) is -6.42. The molecule has 25 heteroatoms. The highest BCUT2D eigenvalue weighted by molar-refractivity contribution is 5.96. The van der Waals surface area contributed by atoms with E-state index in [9.17, 15) is 59.1 Å². The van der Waals surface area contributed by atoms with E-state index >= 15 is 4.79 Å². The number of aryl methyl sites for hydroxylation is 1. The highest BCUT2D eigenvalue weighted by Crippen LogP contribution is 2.64. The summed E-state index contributed by atoms with van der Waals surface area (Å²) < 4.78 is 50.1. The van der Waals surface area contributed by atoms with Gasteiger partial charge in [-0.3, -0.25) is 28.3 Å². The van der Waals surface area contributed by atoms with Crippen LogP contribution in [0.4, 0.5) is 4.79 Å². The Kier molecular flexibility index (Phi) is 19.2. The van der Waals surface area contributed by atoms with E-state index in [2.05, 4.69) is 10.6 Å². The normalized spacial score (nSPS) is 29.6. The molecule has 9 rings (SSSR count). The van der Waals surface area contributed by atoms with Gasteiger partial charge in [-0.2, -0.15) is 0 Å². The number of esters is 3. The number of amides is 2. The summed E-state index contributed by atoms with van der Waals surface area (Å²) in [6, 6.07) is 22.5. The summed E-state index contributed by atoms with van der Waals surface area (Å²) in [6.45, 7) is 7.04. The second-order valence-corrected chi connectivity index (χ2v) is 23.4. The van der Waals surface area contributed by atoms with Crippen molar-refractivity contribution < 1.29 is 92.2 Å². The zero-order chi connectivity index (χ0) is 62.8. The third-order valence-electron chi connectivity index (χ3n) is 17.8. The Morgan fingerprint density at radius 3 is 2.06 bits per heavy atom. The molecule has 2 saturated carbocycles. The van der Waals surface area contributed by atoms with E-state index in [0.29, 0.717) is 5.56 Å². The first kappa shape index (κ1) is 64.0. The first-order valence-corrected chi connectivity index (χ1v) is 28.8. The van der Waals surface area contributed by atoms with Crippen LogP contribution in [0.2, 0.25) is 0 Å². The van der Waals surface area contributed by atoms with Crippen LogP contribution in [0, 0.1) is 23.7 Å². The van der Waals surface area contributed by atoms with Crippen LogP contribution < -0.4 is 21.9 Å². The smallest absolute Gasteiger partial charge is 0.408 e. The van der Waals surface area contributed by atoms with Gasteiger partial charge in [0.1, 0.15) is 36.2 Å². The molecule has 25 nitrogen and oxygen atoms in total. The molecule has 3 aromatic carbocycles. The average Bonchev–Trinajstić information content (AvgIpc) is 0.894. The van der Waals surface area contributed by atoms with Gasteiger partial charge in [0, 0.05) is 55.5 Å². The van der Waals surface area contributed by atoms with Gasteiger partial charge in [0.25, 0.3) is 11.5 Å². The van der Waals surface area contributed by atoms with Crippen molar-refractivity contribution in [3.63, 3.8) is 0 Å². The van der Waals surface area contributed by atoms with Gasteiger partial charge in [0.05, 0.1) is 81.3 Å². The van der Waals surface area contributed by atoms with Crippen molar-refractivity contribution in [3.05, 3.63) is 151 Å². The molecule has 2 bridgehead atoms. The standard InChI is InChI=1S/C62H74N4O21/c1-34-31-66(45-28-40(69)42(32-67)83-45)58(78)65(54(34)74)23-25-81-27-26-80-24-22-63-57(77)85-49-46-35(2)41(84-56(76)48(71)47(37-16-10-7-11-17-37)64-53(73)38-18-12-8-13-19-38)30-62(79,59(46,4)5)52(86-55(75)39-20-14-9-15-21-39)50-60(6,51(49)72)43(70)29-44-61(50,33-82-44)87-36(3)68/h7-21,31,40-45,47-50,52,67,69-71,79H,22-30,32-33H2,1-6H3,(H,63,77)(H,64,73)/t40-,41+,42+,43+,44-,45+,47+,48-,49-,50+,52+,60?,61+,62-/m1/s1. The minimum atomic E-state index is -2.53. The monoisotopic (exact) mass is 1210 g/mol. The van der Waals surface area contributed by atoms with Crippen LogP contribution in [0.5, 0.6) is 0 Å². The number of ether oxygens (including phenoxy) is 8. The van der Waals surface area contributed by atoms with Crippen LogP contribution in [-0.2, 0) is 58.8 Å². The topological polar surface area (TPSA) is 345 Å². The maximum atomic E-state index is 16.1. The lowest BCUT2D eigenvalue weighted by molar-refractivity contribution is -0.345. The second-order valence-electron chi connectivity index (χ2n) is 23.4. The van der Waals surface area contributed by atoms with Crippen molar-refractivity contribution >= 4 is 35.7 Å². The predicted molar refractivity (Wildman–Crippen MR) is 303 cm³/mol. The number of nitrogens with one attached hydrogen (secondary N) is 2. The third kappa shape index (κ3) is 12.3. The fraction of sp³-hybridized carbons (Fsp3) is 0.516. The molecule has 4 fully saturated rings. The van der Waals surface area contributed by atoms with E-state index in [-0.39, 0.29) is 80.2 Å². The number of alkyl carbamates (subject to hydrolysis) is 1. The Morgan fingerprint density at radius 1 is 0.816 bits per heavy atom. The number of carbonyl (C=O) groups is 6. The molecule has 1 aromatic heterocycles. The summed E-state index contributed by atoms with van der Waals surface area (Å²) in [4.78, 5) is 113. The quantitative estimate of drug-likeness (QED) is 0.0271. The molecule has 2 saturated heterocycles. The lowest BCUT2D eigenvalue weighted by Crippen LogP contribution is -2.82. The van der Waals surface area contributed by atoms with Crippen molar-refractivity contribution in [1.82, 2.24) is 19.8 Å². The van der Waals surface area contributed by atoms with Crippen LogP contribution in [-0.4, -0.2) is 177 Å². The number of nitrogens with zero attached hydrogens (tertiary/aromatic N) is 2. The first-order chi connectivity index (χ1) is 41.4. The highest BCUT2D eigenvalue weighted by atomic mass is 16.6. The van der Waals surface area contributed by atoms with Gasteiger partial charge < -0.3 is 74.1 Å². The van der Waals surface area contributed by atoms with E-state index in [0.717, 1.165) is 11.5 Å². The Hall–Kier alpha value is -7.46. The van der Waals surface area contributed by atoms with Gasteiger partial charge in [-0.25, -0.2) is 19.2 Å². The molecule has 0 radical (unpaired) electrons. The van der Waals surface area contributed by atoms with E-state index in [1.54, 1.807) is 78.9 Å². The Labute approximate surface area is 500 Å². The minimum absolute atomic E-state index is 0.0141. The predicted octanol–water partition coefficient (Wildman–Crippen LogP) is 1.90. The number of ketones is 1. The fourth-order valence-electron chi connectivity index (χ4n) is 13.1. The average molecular weight is 1210 g/mol. The SMILES string of the molecule is CC(=O)O[C@@]12CO[C@@H]1C[C@H](O)C1(C)C(=O)[C@H](OC(=O)NCCOCCOCCn3c(=O)c(C)cn([C@@H]4C[C@@H](O)[C@H](CO)O4)c3=O)C3=C(C)[C@@H](OC(=O)[C@H](O)[C@@H](NC(=O)c4ccccc4)c4ccccc4)C[C@@](O)([C@@H](OC(=O)c4ccccc4)[C@@H]12)C3(C)C. The van der Waals surface area contributed by atoms with Crippen molar-refractivity contribution in [2.75, 3.05) is 46.2 Å². The van der Waals surface area contributed by atoms with E-state index in [1.807, 2.05) is 0 Å². The van der Waals surface area contributed by atoms with Gasteiger partial charge in [-0.05, 0) is 61.7 Å². The molecule has 5 aliphatic rings. The van der Waals surface area contributed by atoms with Crippen molar-refractivity contribution in [3.8, 4) is 0 Å². The Morgan fingerprint density at radius 2 is 1.45 bits per heavy atom. The molecule has 468 valence electrons. The number of aliphatic hydroxyl groups is 5. The molecule has 4 aromatic rings. The molecule has 3 aliphatic carbocycles. The number of hydrogen-bond donors (Lipinski definition) is 7. The molecule has 2 amide bonds. The zero-order valence-electron chi connectivity index (χ0n) is 49.0. The van der Waals surface area contributed by atoms with E-state index in [4.69, 9.17) is 37.9 Å². The highest BCUT2D eigenvalue weighted by Gasteiger charge is 2.78. The van der Waals surface area contributed by atoms with Gasteiger partial charge in [-0.15, -0.1) is 0 Å². The summed E-state index contributed by atoms with van der Waals surface area (Å²) in [7, 11) is 0. The Bertz CT molecular complexity index is 3360. The minimum Gasteiger partial charge on any atom is -0.456 e. The number of aromatic nitrogens is 2. The number of aliphatic hydroxyl groups excluding tert-OH is 4. The van der Waals surface area contributed by atoms with Crippen LogP contribution in [0.3, 0.4) is 0 Å². The number of fused-ring (bicyclic) bond motifs is 5. The van der Waals surface area contributed by atoms with Gasteiger partial charge >= 0.3 is 29.7 Å². The summed E-state index contributed by atoms with van der Waals surface area (Å²) >= 11 is 0. The molecular formula is C62H74N4O21. The molecule has 14 atom stereocenters. The van der Waals surface area contributed by atoms with E-state index < -0.39 is 156 Å². The molecule has 1 unspecified atom stereocenters.